The summed E-state index contributed by atoms with van der Waals surface area (Å²) in [6, 6.07) is 2.87. The second-order valence-electron chi connectivity index (χ2n) is 4.17. The highest BCUT2D eigenvalue weighted by Crippen LogP contribution is 2.17. The van der Waals surface area contributed by atoms with Crippen LogP contribution in [0.3, 0.4) is 0 Å². The maximum Gasteiger partial charge on any atom is 0.0597 e. The fraction of sp³-hybridized carbons (Fsp3) is 0.727. The minimum Gasteiger partial charge on any atom is -0.308 e. The summed E-state index contributed by atoms with van der Waals surface area (Å²) in [6.45, 7) is 2.99. The van der Waals surface area contributed by atoms with Crippen LogP contribution in [-0.2, 0) is 13.6 Å². The fourth-order valence-electron chi connectivity index (χ4n) is 1.98. The molecule has 2 rings (SSSR count). The summed E-state index contributed by atoms with van der Waals surface area (Å²) in [5, 5.41) is 7.97. The second kappa shape index (κ2) is 5.03. The predicted octanol–water partition coefficient (Wildman–Crippen LogP) is 1.71. The molecule has 2 heterocycles. The van der Waals surface area contributed by atoms with Gasteiger partial charge in [0.25, 0.3) is 0 Å². The molecule has 84 valence electrons. The maximum absolute atomic E-state index is 4.35. The van der Waals surface area contributed by atoms with E-state index in [9.17, 15) is 0 Å². The average molecular weight is 225 g/mol. The Morgan fingerprint density at radius 2 is 2.27 bits per heavy atom. The van der Waals surface area contributed by atoms with Crippen LogP contribution in [0.5, 0.6) is 0 Å². The van der Waals surface area contributed by atoms with Crippen LogP contribution in [0.2, 0.25) is 0 Å². The van der Waals surface area contributed by atoms with E-state index in [0.717, 1.165) is 12.2 Å². The minimum atomic E-state index is 0.710. The molecule has 0 unspecified atom stereocenters. The number of thioether (sulfide) groups is 1. The van der Waals surface area contributed by atoms with Crippen LogP contribution in [-0.4, -0.2) is 27.3 Å². The summed E-state index contributed by atoms with van der Waals surface area (Å²) in [5.41, 5.74) is 2.39. The van der Waals surface area contributed by atoms with Crippen molar-refractivity contribution in [3.05, 3.63) is 17.5 Å². The average Bonchev–Trinajstić information content (AvgIpc) is 2.56. The predicted molar refractivity (Wildman–Crippen MR) is 65.1 cm³/mol. The molecule has 1 fully saturated rings. The molecule has 1 saturated heterocycles. The zero-order chi connectivity index (χ0) is 10.7. The van der Waals surface area contributed by atoms with Gasteiger partial charge in [0.1, 0.15) is 0 Å². The number of aryl methyl sites for hydroxylation is 2. The summed E-state index contributed by atoms with van der Waals surface area (Å²) in [4.78, 5) is 0. The molecule has 1 aliphatic heterocycles. The van der Waals surface area contributed by atoms with Gasteiger partial charge in [-0.25, -0.2) is 0 Å². The van der Waals surface area contributed by atoms with Crippen molar-refractivity contribution in [2.24, 2.45) is 7.05 Å². The van der Waals surface area contributed by atoms with E-state index < -0.39 is 0 Å². The Morgan fingerprint density at radius 3 is 2.87 bits per heavy atom. The van der Waals surface area contributed by atoms with Gasteiger partial charge < -0.3 is 5.32 Å². The molecule has 15 heavy (non-hydrogen) atoms. The van der Waals surface area contributed by atoms with Gasteiger partial charge in [-0.05, 0) is 37.3 Å². The van der Waals surface area contributed by atoms with Crippen molar-refractivity contribution < 1.29 is 0 Å². The Bertz CT molecular complexity index is 316. The minimum absolute atomic E-state index is 0.710. The smallest absolute Gasteiger partial charge is 0.0597 e. The van der Waals surface area contributed by atoms with E-state index in [1.165, 1.54) is 30.0 Å². The number of hydrogen-bond acceptors (Lipinski definition) is 3. The zero-order valence-corrected chi connectivity index (χ0v) is 10.3. The van der Waals surface area contributed by atoms with Gasteiger partial charge in [-0.3, -0.25) is 4.68 Å². The molecule has 0 bridgehead atoms. The molecule has 1 aromatic rings. The first-order chi connectivity index (χ1) is 7.25. The Hall–Kier alpha value is -0.480. The van der Waals surface area contributed by atoms with E-state index in [2.05, 4.69) is 28.2 Å². The lowest BCUT2D eigenvalue weighted by Gasteiger charge is -2.22. The summed E-state index contributed by atoms with van der Waals surface area (Å²) in [6.07, 6.45) is 2.61. The largest absolute Gasteiger partial charge is 0.308 e. The fourth-order valence-corrected chi connectivity index (χ4v) is 3.09. The molecule has 1 aromatic heterocycles. The zero-order valence-electron chi connectivity index (χ0n) is 9.49. The van der Waals surface area contributed by atoms with Crippen LogP contribution in [0.4, 0.5) is 0 Å². The van der Waals surface area contributed by atoms with Crippen molar-refractivity contribution in [1.29, 1.82) is 0 Å². The molecule has 0 atom stereocenters. The van der Waals surface area contributed by atoms with Gasteiger partial charge in [-0.2, -0.15) is 16.9 Å². The second-order valence-corrected chi connectivity index (χ2v) is 5.39. The van der Waals surface area contributed by atoms with Crippen molar-refractivity contribution in [1.82, 2.24) is 15.1 Å². The van der Waals surface area contributed by atoms with Gasteiger partial charge in [0.2, 0.25) is 0 Å². The topological polar surface area (TPSA) is 29.9 Å². The lowest BCUT2D eigenvalue weighted by molar-refractivity contribution is 0.471. The summed E-state index contributed by atoms with van der Waals surface area (Å²) in [7, 11) is 2.01. The Balaban J connectivity index is 1.84. The van der Waals surface area contributed by atoms with Crippen LogP contribution in [0.1, 0.15) is 24.2 Å². The van der Waals surface area contributed by atoms with E-state index in [4.69, 9.17) is 0 Å². The molecule has 0 spiro atoms. The van der Waals surface area contributed by atoms with Gasteiger partial charge in [0.15, 0.2) is 0 Å². The number of nitrogens with zero attached hydrogens (tertiary/aromatic N) is 2. The summed E-state index contributed by atoms with van der Waals surface area (Å²) in [5.74, 6) is 2.62. The molecule has 0 amide bonds. The highest BCUT2D eigenvalue weighted by molar-refractivity contribution is 7.99. The molecule has 3 nitrogen and oxygen atoms in total. The first kappa shape index (κ1) is 11.0. The molecule has 4 heteroatoms. The number of aromatic nitrogens is 2. The van der Waals surface area contributed by atoms with E-state index in [-0.39, 0.29) is 0 Å². The van der Waals surface area contributed by atoms with Gasteiger partial charge in [0, 0.05) is 19.6 Å². The van der Waals surface area contributed by atoms with Crippen LogP contribution in [0.25, 0.3) is 0 Å². The number of rotatable bonds is 3. The first-order valence-electron chi connectivity index (χ1n) is 5.56. The maximum atomic E-state index is 4.35. The van der Waals surface area contributed by atoms with Crippen molar-refractivity contribution >= 4 is 11.8 Å². The molecule has 0 aliphatic carbocycles. The molecule has 1 N–H and O–H groups in total. The van der Waals surface area contributed by atoms with Crippen molar-refractivity contribution in [3.63, 3.8) is 0 Å². The quantitative estimate of drug-likeness (QED) is 0.849. The third kappa shape index (κ3) is 2.98. The van der Waals surface area contributed by atoms with Gasteiger partial charge >= 0.3 is 0 Å². The van der Waals surface area contributed by atoms with Gasteiger partial charge in [-0.1, -0.05) is 0 Å². The molecule has 0 radical (unpaired) electrons. The number of nitrogens with one attached hydrogen (secondary N) is 1. The van der Waals surface area contributed by atoms with Crippen LogP contribution in [0.15, 0.2) is 6.07 Å². The molecular formula is C11H19N3S. The van der Waals surface area contributed by atoms with E-state index in [0.29, 0.717) is 6.04 Å². The monoisotopic (exact) mass is 225 g/mol. The Kier molecular flexibility index (Phi) is 3.70. The Morgan fingerprint density at radius 1 is 1.53 bits per heavy atom. The van der Waals surface area contributed by atoms with Crippen LogP contribution < -0.4 is 5.32 Å². The van der Waals surface area contributed by atoms with Crippen LogP contribution >= 0.6 is 11.8 Å². The highest BCUT2D eigenvalue weighted by atomic mass is 32.2. The van der Waals surface area contributed by atoms with Crippen molar-refractivity contribution in [2.75, 3.05) is 11.5 Å². The SMILES string of the molecule is Cc1cc(CNC2CCSCC2)n(C)n1. The van der Waals surface area contributed by atoms with Gasteiger partial charge in [0.05, 0.1) is 11.4 Å². The molecular weight excluding hydrogens is 206 g/mol. The third-order valence-electron chi connectivity index (χ3n) is 2.89. The lowest BCUT2D eigenvalue weighted by Crippen LogP contribution is -2.32. The normalized spacial score (nSPS) is 18.3. The van der Waals surface area contributed by atoms with Gasteiger partial charge in [-0.15, -0.1) is 0 Å². The molecule has 1 aliphatic rings. The van der Waals surface area contributed by atoms with E-state index in [1.807, 2.05) is 18.7 Å². The standard InChI is InChI=1S/C11H19N3S/c1-9-7-11(14(2)13-9)8-12-10-3-5-15-6-4-10/h7,10,12H,3-6,8H2,1-2H3. The highest BCUT2D eigenvalue weighted by Gasteiger charge is 2.13. The molecule has 0 saturated carbocycles. The summed E-state index contributed by atoms with van der Waals surface area (Å²) >= 11 is 2.07. The Labute approximate surface area is 95.6 Å². The van der Waals surface area contributed by atoms with Crippen molar-refractivity contribution in [3.8, 4) is 0 Å². The summed E-state index contributed by atoms with van der Waals surface area (Å²) < 4.78 is 1.97. The number of hydrogen-bond donors (Lipinski definition) is 1. The first-order valence-corrected chi connectivity index (χ1v) is 6.72. The molecule has 0 aromatic carbocycles. The van der Waals surface area contributed by atoms with Crippen LogP contribution in [0, 0.1) is 6.92 Å². The third-order valence-corrected chi connectivity index (χ3v) is 3.94. The van der Waals surface area contributed by atoms with E-state index >= 15 is 0 Å². The lowest BCUT2D eigenvalue weighted by atomic mass is 10.1. The van der Waals surface area contributed by atoms with E-state index in [1.54, 1.807) is 0 Å². The van der Waals surface area contributed by atoms with Crippen molar-refractivity contribution in [2.45, 2.75) is 32.4 Å².